The maximum absolute atomic E-state index is 13.1. The summed E-state index contributed by atoms with van der Waals surface area (Å²) >= 11 is 1.33. The summed E-state index contributed by atoms with van der Waals surface area (Å²) in [5.74, 6) is -0.0535. The molecule has 1 aromatic carbocycles. The number of nitrogens with zero attached hydrogens (tertiary/aromatic N) is 1. The van der Waals surface area contributed by atoms with Gasteiger partial charge in [0.05, 0.1) is 11.1 Å². The van der Waals surface area contributed by atoms with Crippen LogP contribution in [0.2, 0.25) is 0 Å². The molecule has 1 aliphatic rings. The highest BCUT2D eigenvalue weighted by Crippen LogP contribution is 2.28. The molecule has 26 heavy (non-hydrogen) atoms. The molecule has 3 aromatic rings. The number of furan rings is 1. The summed E-state index contributed by atoms with van der Waals surface area (Å²) in [7, 11) is 0. The Balaban J connectivity index is 1.65. The predicted octanol–water partition coefficient (Wildman–Crippen LogP) is 3.70. The highest BCUT2D eigenvalue weighted by atomic mass is 32.1. The molecule has 3 heterocycles. The molecular formula is C20H16N2O3S. The van der Waals surface area contributed by atoms with E-state index < -0.39 is 0 Å². The van der Waals surface area contributed by atoms with Gasteiger partial charge in [0.1, 0.15) is 11.5 Å². The SMILES string of the molecule is O=C(NC(=Cc1ccco1)C(=O)N1CCc2ccccc21)c1cccs1. The molecule has 2 amide bonds. The minimum atomic E-state index is -0.307. The number of hydrogen-bond donors (Lipinski definition) is 1. The zero-order chi connectivity index (χ0) is 17.9. The van der Waals surface area contributed by atoms with Crippen molar-refractivity contribution < 1.29 is 14.0 Å². The molecule has 130 valence electrons. The van der Waals surface area contributed by atoms with E-state index in [0.717, 1.165) is 17.7 Å². The Labute approximate surface area is 154 Å². The van der Waals surface area contributed by atoms with Crippen molar-refractivity contribution in [3.63, 3.8) is 0 Å². The average molecular weight is 364 g/mol. The van der Waals surface area contributed by atoms with E-state index in [1.807, 2.05) is 29.6 Å². The second-order valence-electron chi connectivity index (χ2n) is 5.84. The van der Waals surface area contributed by atoms with Gasteiger partial charge in [0.2, 0.25) is 0 Å². The van der Waals surface area contributed by atoms with Crippen LogP contribution in [0.4, 0.5) is 5.69 Å². The third-order valence-corrected chi connectivity index (χ3v) is 5.05. The number of rotatable bonds is 4. The maximum atomic E-state index is 13.1. The molecule has 5 nitrogen and oxygen atoms in total. The number of para-hydroxylation sites is 1. The van der Waals surface area contributed by atoms with Crippen LogP contribution < -0.4 is 10.2 Å². The van der Waals surface area contributed by atoms with Gasteiger partial charge in [-0.25, -0.2) is 0 Å². The van der Waals surface area contributed by atoms with Gasteiger partial charge >= 0.3 is 0 Å². The van der Waals surface area contributed by atoms with E-state index >= 15 is 0 Å². The van der Waals surface area contributed by atoms with E-state index in [0.29, 0.717) is 17.2 Å². The number of benzene rings is 1. The van der Waals surface area contributed by atoms with Gasteiger partial charge in [0.15, 0.2) is 0 Å². The molecule has 0 unspecified atom stereocenters. The fourth-order valence-corrected chi connectivity index (χ4v) is 3.57. The second-order valence-corrected chi connectivity index (χ2v) is 6.79. The largest absolute Gasteiger partial charge is 0.465 e. The summed E-state index contributed by atoms with van der Waals surface area (Å²) in [5, 5.41) is 4.57. The van der Waals surface area contributed by atoms with E-state index in [1.165, 1.54) is 17.6 Å². The number of thiophene rings is 1. The number of anilines is 1. The van der Waals surface area contributed by atoms with Crippen molar-refractivity contribution >= 4 is 34.9 Å². The normalized spacial score (nSPS) is 13.5. The smallest absolute Gasteiger partial charge is 0.274 e. The molecule has 1 aliphatic heterocycles. The molecular weight excluding hydrogens is 348 g/mol. The van der Waals surface area contributed by atoms with Crippen LogP contribution in [0.15, 0.2) is 70.3 Å². The van der Waals surface area contributed by atoms with E-state index in [4.69, 9.17) is 4.42 Å². The second kappa shape index (κ2) is 7.01. The Kier molecular flexibility index (Phi) is 4.41. The van der Waals surface area contributed by atoms with Gasteiger partial charge in [-0.15, -0.1) is 11.3 Å². The van der Waals surface area contributed by atoms with E-state index in [-0.39, 0.29) is 17.5 Å². The van der Waals surface area contributed by atoms with Crippen molar-refractivity contribution in [2.24, 2.45) is 0 Å². The van der Waals surface area contributed by atoms with Crippen molar-refractivity contribution in [1.82, 2.24) is 5.32 Å². The van der Waals surface area contributed by atoms with Gasteiger partial charge in [0.25, 0.3) is 11.8 Å². The zero-order valence-corrected chi connectivity index (χ0v) is 14.7. The topological polar surface area (TPSA) is 62.6 Å². The van der Waals surface area contributed by atoms with Crippen LogP contribution in [-0.2, 0) is 11.2 Å². The lowest BCUT2D eigenvalue weighted by Gasteiger charge is -2.19. The maximum Gasteiger partial charge on any atom is 0.274 e. The van der Waals surface area contributed by atoms with Crippen LogP contribution in [0.3, 0.4) is 0 Å². The number of hydrogen-bond acceptors (Lipinski definition) is 4. The summed E-state index contributed by atoms with van der Waals surface area (Å²) in [4.78, 5) is 27.9. The van der Waals surface area contributed by atoms with Crippen molar-refractivity contribution in [2.45, 2.75) is 6.42 Å². The number of fused-ring (bicyclic) bond motifs is 1. The van der Waals surface area contributed by atoms with Crippen LogP contribution in [0, 0.1) is 0 Å². The molecule has 0 atom stereocenters. The minimum absolute atomic E-state index is 0.190. The first-order valence-corrected chi connectivity index (χ1v) is 9.10. The Morgan fingerprint density at radius 1 is 1.12 bits per heavy atom. The highest BCUT2D eigenvalue weighted by Gasteiger charge is 2.28. The molecule has 0 saturated carbocycles. The van der Waals surface area contributed by atoms with Crippen LogP contribution in [0.1, 0.15) is 21.0 Å². The monoisotopic (exact) mass is 364 g/mol. The Morgan fingerprint density at radius 2 is 2.00 bits per heavy atom. The van der Waals surface area contributed by atoms with Gasteiger partial charge in [0, 0.05) is 18.3 Å². The first-order chi connectivity index (χ1) is 12.7. The van der Waals surface area contributed by atoms with Crippen molar-refractivity contribution in [1.29, 1.82) is 0 Å². The first kappa shape index (κ1) is 16.4. The Morgan fingerprint density at radius 3 is 2.77 bits per heavy atom. The van der Waals surface area contributed by atoms with Crippen molar-refractivity contribution in [3.05, 3.63) is 82.1 Å². The van der Waals surface area contributed by atoms with Crippen molar-refractivity contribution in [2.75, 3.05) is 11.4 Å². The van der Waals surface area contributed by atoms with E-state index in [2.05, 4.69) is 5.32 Å². The third kappa shape index (κ3) is 3.19. The number of nitrogens with one attached hydrogen (secondary N) is 1. The molecule has 1 N–H and O–H groups in total. The van der Waals surface area contributed by atoms with E-state index in [9.17, 15) is 9.59 Å². The lowest BCUT2D eigenvalue weighted by molar-refractivity contribution is -0.115. The third-order valence-electron chi connectivity index (χ3n) is 4.19. The molecule has 2 aromatic heterocycles. The van der Waals surface area contributed by atoms with Crippen molar-refractivity contribution in [3.8, 4) is 0 Å². The number of carbonyl (C=O) groups is 2. The molecule has 0 aliphatic carbocycles. The molecule has 6 heteroatoms. The van der Waals surface area contributed by atoms with Gasteiger partial charge in [-0.3, -0.25) is 9.59 Å². The predicted molar refractivity (Wildman–Crippen MR) is 101 cm³/mol. The summed E-state index contributed by atoms with van der Waals surface area (Å²) in [6.45, 7) is 0.586. The zero-order valence-electron chi connectivity index (χ0n) is 13.8. The summed E-state index contributed by atoms with van der Waals surface area (Å²) in [6, 6.07) is 14.8. The molecule has 0 radical (unpaired) electrons. The van der Waals surface area contributed by atoms with Gasteiger partial charge in [-0.1, -0.05) is 24.3 Å². The summed E-state index contributed by atoms with van der Waals surface area (Å²) in [6.07, 6.45) is 3.89. The summed E-state index contributed by atoms with van der Waals surface area (Å²) < 4.78 is 5.32. The molecule has 0 fully saturated rings. The van der Waals surface area contributed by atoms with Crippen LogP contribution >= 0.6 is 11.3 Å². The van der Waals surface area contributed by atoms with Gasteiger partial charge in [-0.05, 0) is 41.6 Å². The molecule has 4 rings (SSSR count). The fourth-order valence-electron chi connectivity index (χ4n) is 2.95. The average Bonchev–Trinajstić information content (AvgIpc) is 3.40. The lowest BCUT2D eigenvalue weighted by Crippen LogP contribution is -2.37. The van der Waals surface area contributed by atoms with Crippen LogP contribution in [0.5, 0.6) is 0 Å². The van der Waals surface area contributed by atoms with Crippen LogP contribution in [-0.4, -0.2) is 18.4 Å². The number of amides is 2. The minimum Gasteiger partial charge on any atom is -0.465 e. The Hall–Kier alpha value is -3.12. The fraction of sp³-hybridized carbons (Fsp3) is 0.100. The van der Waals surface area contributed by atoms with Crippen LogP contribution in [0.25, 0.3) is 6.08 Å². The lowest BCUT2D eigenvalue weighted by atomic mass is 10.2. The molecule has 0 spiro atoms. The highest BCUT2D eigenvalue weighted by molar-refractivity contribution is 7.12. The first-order valence-electron chi connectivity index (χ1n) is 8.22. The quantitative estimate of drug-likeness (QED) is 0.718. The number of carbonyl (C=O) groups excluding carboxylic acids is 2. The Bertz CT molecular complexity index is 959. The van der Waals surface area contributed by atoms with Gasteiger partial charge < -0.3 is 14.6 Å². The van der Waals surface area contributed by atoms with Gasteiger partial charge in [-0.2, -0.15) is 0 Å². The molecule has 0 saturated heterocycles. The standard InChI is InChI=1S/C20H16N2O3S/c23-19(18-8-4-12-26-18)21-16(13-15-6-3-11-25-15)20(24)22-10-9-14-5-1-2-7-17(14)22/h1-8,11-13H,9-10H2,(H,21,23). The molecule has 0 bridgehead atoms. The summed E-state index contributed by atoms with van der Waals surface area (Å²) in [5.41, 5.74) is 2.20. The van der Waals surface area contributed by atoms with E-state index in [1.54, 1.807) is 35.2 Å².